The summed E-state index contributed by atoms with van der Waals surface area (Å²) in [4.78, 5) is 0. The predicted octanol–water partition coefficient (Wildman–Crippen LogP) is 2.70. The van der Waals surface area contributed by atoms with E-state index < -0.39 is 0 Å². The lowest BCUT2D eigenvalue weighted by atomic mass is 9.91. The van der Waals surface area contributed by atoms with E-state index in [9.17, 15) is 0 Å². The largest absolute Gasteiger partial charge is 0.483 e. The number of allylic oxidation sites excluding steroid dienone is 2. The van der Waals surface area contributed by atoms with Crippen LogP contribution in [0.4, 0.5) is 0 Å². The Balaban J connectivity index is 2.15. The second-order valence-corrected chi connectivity index (χ2v) is 3.94. The lowest BCUT2D eigenvalue weighted by molar-refractivity contribution is 0.0873. The van der Waals surface area contributed by atoms with Crippen molar-refractivity contribution in [1.29, 1.82) is 0 Å². The SMILES string of the molecule is OCCC1(Oc2ccccc2)C=CC=CC1. The molecule has 1 unspecified atom stereocenters. The van der Waals surface area contributed by atoms with Gasteiger partial charge >= 0.3 is 0 Å². The normalized spacial score (nSPS) is 23.3. The molecule has 2 rings (SSSR count). The smallest absolute Gasteiger partial charge is 0.133 e. The summed E-state index contributed by atoms with van der Waals surface area (Å²) in [5.74, 6) is 0.843. The van der Waals surface area contributed by atoms with Crippen LogP contribution in [0.15, 0.2) is 54.6 Å². The molecule has 0 amide bonds. The standard InChI is InChI=1S/C14H16O2/c15-12-11-14(9-5-2-6-10-14)16-13-7-3-1-4-8-13/h1-9,15H,10-12H2. The van der Waals surface area contributed by atoms with Crippen LogP contribution in [0, 0.1) is 0 Å². The minimum Gasteiger partial charge on any atom is -0.483 e. The van der Waals surface area contributed by atoms with Crippen molar-refractivity contribution in [1.82, 2.24) is 0 Å². The van der Waals surface area contributed by atoms with E-state index in [2.05, 4.69) is 6.08 Å². The van der Waals surface area contributed by atoms with Crippen LogP contribution in [0.3, 0.4) is 0 Å². The van der Waals surface area contributed by atoms with Crippen LogP contribution < -0.4 is 4.74 Å². The molecule has 0 saturated carbocycles. The van der Waals surface area contributed by atoms with Crippen molar-refractivity contribution in [2.24, 2.45) is 0 Å². The predicted molar refractivity (Wildman–Crippen MR) is 64.4 cm³/mol. The Morgan fingerprint density at radius 3 is 2.62 bits per heavy atom. The number of rotatable bonds is 4. The van der Waals surface area contributed by atoms with Crippen molar-refractivity contribution in [3.8, 4) is 5.75 Å². The molecule has 2 nitrogen and oxygen atoms in total. The number of hydrogen-bond acceptors (Lipinski definition) is 2. The summed E-state index contributed by atoms with van der Waals surface area (Å²) in [6, 6.07) is 9.73. The molecular weight excluding hydrogens is 200 g/mol. The van der Waals surface area contributed by atoms with Crippen molar-refractivity contribution in [2.75, 3.05) is 6.61 Å². The molecule has 1 aliphatic rings. The zero-order valence-corrected chi connectivity index (χ0v) is 9.17. The molecule has 1 aromatic rings. The molecule has 1 aliphatic carbocycles. The third-order valence-electron chi connectivity index (χ3n) is 2.71. The van der Waals surface area contributed by atoms with Gasteiger partial charge in [-0.05, 0) is 18.2 Å². The molecular formula is C14H16O2. The maximum absolute atomic E-state index is 9.12. The molecule has 2 heteroatoms. The van der Waals surface area contributed by atoms with Gasteiger partial charge in [-0.1, -0.05) is 36.4 Å². The third kappa shape index (κ3) is 2.52. The van der Waals surface area contributed by atoms with E-state index >= 15 is 0 Å². The van der Waals surface area contributed by atoms with E-state index in [0.717, 1.165) is 12.2 Å². The van der Waals surface area contributed by atoms with Gasteiger partial charge in [0.2, 0.25) is 0 Å². The molecule has 0 bridgehead atoms. The average Bonchev–Trinajstić information content (AvgIpc) is 2.31. The van der Waals surface area contributed by atoms with Gasteiger partial charge in [0, 0.05) is 19.4 Å². The van der Waals surface area contributed by atoms with Crippen molar-refractivity contribution < 1.29 is 9.84 Å². The van der Waals surface area contributed by atoms with Crippen molar-refractivity contribution in [3.05, 3.63) is 54.6 Å². The molecule has 0 fully saturated rings. The zero-order chi connectivity index (χ0) is 11.3. The number of para-hydroxylation sites is 1. The molecule has 16 heavy (non-hydrogen) atoms. The first-order valence-corrected chi connectivity index (χ1v) is 5.54. The van der Waals surface area contributed by atoms with Gasteiger partial charge in [0.05, 0.1) is 0 Å². The summed E-state index contributed by atoms with van der Waals surface area (Å²) >= 11 is 0. The van der Waals surface area contributed by atoms with Crippen molar-refractivity contribution in [3.63, 3.8) is 0 Å². The lowest BCUT2D eigenvalue weighted by Crippen LogP contribution is -2.35. The summed E-state index contributed by atoms with van der Waals surface area (Å²) in [6.45, 7) is 0.130. The van der Waals surface area contributed by atoms with Crippen LogP contribution >= 0.6 is 0 Å². The average molecular weight is 216 g/mol. The van der Waals surface area contributed by atoms with Gasteiger partial charge in [0.1, 0.15) is 11.4 Å². The van der Waals surface area contributed by atoms with Crippen LogP contribution in [-0.4, -0.2) is 17.3 Å². The maximum Gasteiger partial charge on any atom is 0.133 e. The van der Waals surface area contributed by atoms with Crippen LogP contribution in [0.1, 0.15) is 12.8 Å². The number of hydrogen-bond donors (Lipinski definition) is 1. The summed E-state index contributed by atoms with van der Waals surface area (Å²) in [6.07, 6.45) is 9.49. The van der Waals surface area contributed by atoms with Crippen LogP contribution in [0.2, 0.25) is 0 Å². The molecule has 0 aliphatic heterocycles. The highest BCUT2D eigenvalue weighted by Gasteiger charge is 2.28. The highest BCUT2D eigenvalue weighted by Crippen LogP contribution is 2.28. The van der Waals surface area contributed by atoms with Gasteiger partial charge in [0.15, 0.2) is 0 Å². The molecule has 0 spiro atoms. The first-order chi connectivity index (χ1) is 7.85. The topological polar surface area (TPSA) is 29.5 Å². The lowest BCUT2D eigenvalue weighted by Gasteiger charge is -2.31. The molecule has 0 aromatic heterocycles. The quantitative estimate of drug-likeness (QED) is 0.838. The van der Waals surface area contributed by atoms with Gasteiger partial charge in [-0.25, -0.2) is 0 Å². The van der Waals surface area contributed by atoms with Gasteiger partial charge < -0.3 is 9.84 Å². The van der Waals surface area contributed by atoms with Crippen molar-refractivity contribution in [2.45, 2.75) is 18.4 Å². The maximum atomic E-state index is 9.12. The minimum atomic E-state index is -0.384. The molecule has 0 radical (unpaired) electrons. The first-order valence-electron chi connectivity index (χ1n) is 5.54. The highest BCUT2D eigenvalue weighted by atomic mass is 16.5. The molecule has 84 valence electrons. The summed E-state index contributed by atoms with van der Waals surface area (Å²) in [5.41, 5.74) is -0.384. The summed E-state index contributed by atoms with van der Waals surface area (Å²) in [7, 11) is 0. The van der Waals surface area contributed by atoms with E-state index in [1.165, 1.54) is 0 Å². The minimum absolute atomic E-state index is 0.130. The van der Waals surface area contributed by atoms with Gasteiger partial charge in [-0.15, -0.1) is 0 Å². The first kappa shape index (κ1) is 11.0. The molecule has 1 N–H and O–H groups in total. The number of ether oxygens (including phenoxy) is 1. The Morgan fingerprint density at radius 2 is 2.00 bits per heavy atom. The Morgan fingerprint density at radius 1 is 1.19 bits per heavy atom. The van der Waals surface area contributed by atoms with E-state index in [0.29, 0.717) is 6.42 Å². The van der Waals surface area contributed by atoms with E-state index in [1.54, 1.807) is 0 Å². The Labute approximate surface area is 95.9 Å². The van der Waals surface area contributed by atoms with Crippen molar-refractivity contribution >= 4 is 0 Å². The Hall–Kier alpha value is -1.54. The molecule has 0 saturated heterocycles. The molecule has 0 heterocycles. The van der Waals surface area contributed by atoms with Gasteiger partial charge in [-0.3, -0.25) is 0 Å². The van der Waals surface area contributed by atoms with E-state index in [4.69, 9.17) is 9.84 Å². The Bertz CT molecular complexity index is 381. The van der Waals surface area contributed by atoms with Gasteiger partial charge in [-0.2, -0.15) is 0 Å². The van der Waals surface area contributed by atoms with E-state index in [-0.39, 0.29) is 12.2 Å². The fraction of sp³-hybridized carbons (Fsp3) is 0.286. The Kier molecular flexibility index (Phi) is 3.42. The molecule has 1 atom stereocenters. The number of benzene rings is 1. The fourth-order valence-corrected chi connectivity index (χ4v) is 1.87. The second kappa shape index (κ2) is 4.99. The van der Waals surface area contributed by atoms with Gasteiger partial charge in [0.25, 0.3) is 0 Å². The van der Waals surface area contributed by atoms with Crippen LogP contribution in [0.5, 0.6) is 5.75 Å². The third-order valence-corrected chi connectivity index (χ3v) is 2.71. The van der Waals surface area contributed by atoms with Crippen LogP contribution in [0.25, 0.3) is 0 Å². The van der Waals surface area contributed by atoms with Crippen LogP contribution in [-0.2, 0) is 0 Å². The second-order valence-electron chi connectivity index (χ2n) is 3.94. The number of aliphatic hydroxyl groups is 1. The monoisotopic (exact) mass is 216 g/mol. The zero-order valence-electron chi connectivity index (χ0n) is 9.17. The fourth-order valence-electron chi connectivity index (χ4n) is 1.87. The van der Waals surface area contributed by atoms with E-state index in [1.807, 2.05) is 48.6 Å². The summed E-state index contributed by atoms with van der Waals surface area (Å²) < 4.78 is 5.99. The molecule has 1 aromatic carbocycles. The summed E-state index contributed by atoms with van der Waals surface area (Å²) in [5, 5.41) is 9.12. The highest BCUT2D eigenvalue weighted by molar-refractivity contribution is 5.26. The number of aliphatic hydroxyl groups excluding tert-OH is 1.